The number of alkyl carbamates (subject to hydrolysis) is 1. The second-order valence-corrected chi connectivity index (χ2v) is 10.2. The predicted octanol–water partition coefficient (Wildman–Crippen LogP) is 4.12. The SMILES string of the molecule is C#Cc1ccc(C(C(=O)Nc2ccc(OC)cc2)N(CCO)C(=O)C(NC(=O)OC(C)(C)C)C(C)CC)cc1. The summed E-state index contributed by atoms with van der Waals surface area (Å²) in [6.07, 6.45) is 5.33. The number of terminal acetylenes is 1. The number of benzene rings is 2. The van der Waals surface area contributed by atoms with E-state index in [1.807, 2.05) is 13.8 Å². The van der Waals surface area contributed by atoms with Gasteiger partial charge in [-0.05, 0) is 68.7 Å². The lowest BCUT2D eigenvalue weighted by Gasteiger charge is -2.35. The van der Waals surface area contributed by atoms with Crippen molar-refractivity contribution in [3.05, 3.63) is 59.7 Å². The van der Waals surface area contributed by atoms with Gasteiger partial charge in [-0.2, -0.15) is 0 Å². The first-order valence-corrected chi connectivity index (χ1v) is 12.9. The maximum absolute atomic E-state index is 14.0. The minimum absolute atomic E-state index is 0.153. The van der Waals surface area contributed by atoms with Crippen molar-refractivity contribution in [1.29, 1.82) is 0 Å². The van der Waals surface area contributed by atoms with Crippen molar-refractivity contribution in [3.8, 4) is 18.1 Å². The Morgan fingerprint density at radius 2 is 1.69 bits per heavy atom. The molecular formula is C30H39N3O6. The molecule has 0 heterocycles. The molecule has 210 valence electrons. The quantitative estimate of drug-likeness (QED) is 0.371. The summed E-state index contributed by atoms with van der Waals surface area (Å²) in [5.41, 5.74) is 0.823. The number of hydrogen-bond acceptors (Lipinski definition) is 6. The van der Waals surface area contributed by atoms with Gasteiger partial charge in [-0.25, -0.2) is 4.79 Å². The highest BCUT2D eigenvalue weighted by atomic mass is 16.6. The Hall–Kier alpha value is -4.03. The molecule has 0 bridgehead atoms. The lowest BCUT2D eigenvalue weighted by Crippen LogP contribution is -2.55. The van der Waals surface area contributed by atoms with E-state index in [-0.39, 0.29) is 12.5 Å². The molecule has 0 aliphatic heterocycles. The summed E-state index contributed by atoms with van der Waals surface area (Å²) in [6.45, 7) is 8.34. The smallest absolute Gasteiger partial charge is 0.408 e. The summed E-state index contributed by atoms with van der Waals surface area (Å²) in [6, 6.07) is 11.3. The fourth-order valence-corrected chi connectivity index (χ4v) is 3.89. The zero-order valence-electron chi connectivity index (χ0n) is 23.5. The molecule has 0 saturated carbocycles. The van der Waals surface area contributed by atoms with Gasteiger partial charge in [0.05, 0.1) is 13.7 Å². The van der Waals surface area contributed by atoms with E-state index in [2.05, 4.69) is 16.6 Å². The van der Waals surface area contributed by atoms with E-state index < -0.39 is 42.2 Å². The zero-order chi connectivity index (χ0) is 29.2. The van der Waals surface area contributed by atoms with Crippen LogP contribution in [-0.2, 0) is 14.3 Å². The molecule has 3 N–H and O–H groups in total. The van der Waals surface area contributed by atoms with Gasteiger partial charge in [0.15, 0.2) is 0 Å². The van der Waals surface area contributed by atoms with Crippen molar-refractivity contribution >= 4 is 23.6 Å². The van der Waals surface area contributed by atoms with Crippen LogP contribution in [0.25, 0.3) is 0 Å². The minimum Gasteiger partial charge on any atom is -0.497 e. The van der Waals surface area contributed by atoms with Gasteiger partial charge >= 0.3 is 6.09 Å². The highest BCUT2D eigenvalue weighted by Gasteiger charge is 2.38. The zero-order valence-corrected chi connectivity index (χ0v) is 23.5. The van der Waals surface area contributed by atoms with Crippen molar-refractivity contribution in [3.63, 3.8) is 0 Å². The lowest BCUT2D eigenvalue weighted by molar-refractivity contribution is -0.142. The third-order valence-electron chi connectivity index (χ3n) is 6.09. The van der Waals surface area contributed by atoms with E-state index in [1.54, 1.807) is 76.4 Å². The van der Waals surface area contributed by atoms with Crippen LogP contribution >= 0.6 is 0 Å². The number of aliphatic hydroxyl groups excluding tert-OH is 1. The number of nitrogens with one attached hydrogen (secondary N) is 2. The van der Waals surface area contributed by atoms with Gasteiger partial charge in [0.1, 0.15) is 23.4 Å². The second-order valence-electron chi connectivity index (χ2n) is 10.2. The van der Waals surface area contributed by atoms with Crippen LogP contribution in [0.4, 0.5) is 10.5 Å². The number of ether oxygens (including phenoxy) is 2. The van der Waals surface area contributed by atoms with Crippen LogP contribution in [0.3, 0.4) is 0 Å². The van der Waals surface area contributed by atoms with E-state index in [0.29, 0.717) is 29.0 Å². The van der Waals surface area contributed by atoms with Gasteiger partial charge < -0.3 is 30.1 Å². The van der Waals surface area contributed by atoms with Crippen LogP contribution in [0.15, 0.2) is 48.5 Å². The Balaban J connectivity index is 2.51. The number of carbonyl (C=O) groups is 3. The third-order valence-corrected chi connectivity index (χ3v) is 6.09. The highest BCUT2D eigenvalue weighted by Crippen LogP contribution is 2.27. The number of anilines is 1. The number of nitrogens with zero attached hydrogens (tertiary/aromatic N) is 1. The average Bonchev–Trinajstić information content (AvgIpc) is 2.90. The Bertz CT molecular complexity index is 1150. The van der Waals surface area contributed by atoms with Crippen LogP contribution in [0.1, 0.15) is 58.2 Å². The third kappa shape index (κ3) is 9.04. The summed E-state index contributed by atoms with van der Waals surface area (Å²) in [4.78, 5) is 41.7. The van der Waals surface area contributed by atoms with Gasteiger partial charge in [-0.1, -0.05) is 38.3 Å². The van der Waals surface area contributed by atoms with Crippen LogP contribution in [0.5, 0.6) is 5.75 Å². The first kappa shape index (κ1) is 31.2. The first-order chi connectivity index (χ1) is 18.4. The molecule has 39 heavy (non-hydrogen) atoms. The number of hydrogen-bond donors (Lipinski definition) is 3. The molecule has 2 aromatic carbocycles. The molecule has 0 radical (unpaired) electrons. The van der Waals surface area contributed by atoms with E-state index >= 15 is 0 Å². The van der Waals surface area contributed by atoms with Crippen molar-refractivity contribution in [2.24, 2.45) is 5.92 Å². The van der Waals surface area contributed by atoms with Gasteiger partial charge in [0.25, 0.3) is 5.91 Å². The summed E-state index contributed by atoms with van der Waals surface area (Å²) in [5, 5.41) is 15.5. The molecular weight excluding hydrogens is 498 g/mol. The molecule has 0 saturated heterocycles. The van der Waals surface area contributed by atoms with Gasteiger partial charge in [-0.15, -0.1) is 6.42 Å². The maximum atomic E-state index is 14.0. The van der Waals surface area contributed by atoms with Crippen molar-refractivity contribution < 1.29 is 29.0 Å². The second kappa shape index (κ2) is 14.2. The van der Waals surface area contributed by atoms with E-state index in [4.69, 9.17) is 15.9 Å². The molecule has 0 aromatic heterocycles. The van der Waals surface area contributed by atoms with Crippen LogP contribution in [0, 0.1) is 18.3 Å². The van der Waals surface area contributed by atoms with E-state index in [0.717, 1.165) is 0 Å². The fourth-order valence-electron chi connectivity index (χ4n) is 3.89. The van der Waals surface area contributed by atoms with E-state index in [1.165, 1.54) is 4.90 Å². The lowest BCUT2D eigenvalue weighted by atomic mass is 9.95. The first-order valence-electron chi connectivity index (χ1n) is 12.9. The largest absolute Gasteiger partial charge is 0.497 e. The highest BCUT2D eigenvalue weighted by molar-refractivity contribution is 5.99. The molecule has 3 unspecified atom stereocenters. The predicted molar refractivity (Wildman–Crippen MR) is 150 cm³/mol. The van der Waals surface area contributed by atoms with Crippen molar-refractivity contribution in [2.45, 2.75) is 58.7 Å². The van der Waals surface area contributed by atoms with E-state index in [9.17, 15) is 19.5 Å². The summed E-state index contributed by atoms with van der Waals surface area (Å²) < 4.78 is 10.6. The van der Waals surface area contributed by atoms with Crippen LogP contribution < -0.4 is 15.4 Å². The molecule has 2 rings (SSSR count). The standard InChI is InChI=1S/C30H39N3O6/c1-8-20(3)25(32-29(37)39-30(4,5)6)28(36)33(18-19-34)26(22-12-10-21(9-2)11-13-22)27(35)31-23-14-16-24(38-7)17-15-23/h2,10-17,20,25-26,34H,8,18-19H2,1,3-7H3,(H,31,35)(H,32,37). The Kier molecular flexibility index (Phi) is 11.4. The molecule has 9 nitrogen and oxygen atoms in total. The summed E-state index contributed by atoms with van der Waals surface area (Å²) in [5.74, 6) is 1.84. The summed E-state index contributed by atoms with van der Waals surface area (Å²) >= 11 is 0. The van der Waals surface area contributed by atoms with Gasteiger partial charge in [0, 0.05) is 17.8 Å². The molecule has 0 fully saturated rings. The van der Waals surface area contributed by atoms with Crippen LogP contribution in [0.2, 0.25) is 0 Å². The molecule has 2 aromatic rings. The number of aliphatic hydroxyl groups is 1. The molecule has 3 atom stereocenters. The van der Waals surface area contributed by atoms with Gasteiger partial charge in [-0.3, -0.25) is 9.59 Å². The molecule has 0 aliphatic rings. The number of carbonyl (C=O) groups excluding carboxylic acids is 3. The summed E-state index contributed by atoms with van der Waals surface area (Å²) in [7, 11) is 1.54. The number of methoxy groups -OCH3 is 1. The van der Waals surface area contributed by atoms with Crippen molar-refractivity contribution in [2.75, 3.05) is 25.6 Å². The average molecular weight is 538 g/mol. The Morgan fingerprint density at radius 1 is 1.08 bits per heavy atom. The number of amides is 3. The number of rotatable bonds is 11. The minimum atomic E-state index is -1.13. The fraction of sp³-hybridized carbons (Fsp3) is 0.433. The maximum Gasteiger partial charge on any atom is 0.408 e. The monoisotopic (exact) mass is 537 g/mol. The Labute approximate surface area is 230 Å². The van der Waals surface area contributed by atoms with Gasteiger partial charge in [0.2, 0.25) is 5.91 Å². The van der Waals surface area contributed by atoms with Crippen molar-refractivity contribution in [1.82, 2.24) is 10.2 Å². The molecule has 0 spiro atoms. The molecule has 9 heteroatoms. The topological polar surface area (TPSA) is 117 Å². The normalized spacial score (nSPS) is 13.3. The molecule has 3 amide bonds. The van der Waals surface area contributed by atoms with Crippen LogP contribution in [-0.4, -0.2) is 59.8 Å². The molecule has 0 aliphatic carbocycles. The Morgan fingerprint density at radius 3 is 2.18 bits per heavy atom.